The third-order valence-corrected chi connectivity index (χ3v) is 4.59. The number of amides is 1. The third-order valence-electron chi connectivity index (χ3n) is 4.59. The molecule has 32 heavy (non-hydrogen) atoms. The molecule has 4 rings (SSSR count). The first kappa shape index (κ1) is 22.8. The second-order valence-corrected chi connectivity index (χ2v) is 6.85. The molecule has 2 heterocycles. The molecule has 0 unspecified atom stereocenters. The zero-order valence-electron chi connectivity index (χ0n) is 17.1. The number of pyridine rings is 1. The molecule has 0 radical (unpaired) electrons. The monoisotopic (exact) mass is 436 g/mol. The quantitative estimate of drug-likeness (QED) is 0.423. The number of aryl methyl sites for hydroxylation is 1. The standard InChI is InChI=1S/C16H11F2N3O.C8H11NO/c17-12-6-5-9(7-13(12)18)14-8-15(21-20-14)10-3-1-2-4-11(10)16(19)22;10-7-3-5-8-4-1-2-6-9-8/h1-8H,(H2,19,22)(H,20,21);1-2,4,6,10H,3,5,7H2. The molecular weight excluding hydrogens is 414 g/mol. The van der Waals surface area contributed by atoms with Crippen molar-refractivity contribution in [2.24, 2.45) is 5.73 Å². The van der Waals surface area contributed by atoms with Crippen LogP contribution in [0.5, 0.6) is 0 Å². The van der Waals surface area contributed by atoms with Gasteiger partial charge in [-0.05, 0) is 55.3 Å². The number of halogens is 2. The maximum atomic E-state index is 13.3. The zero-order valence-corrected chi connectivity index (χ0v) is 17.1. The molecule has 0 aliphatic heterocycles. The highest BCUT2D eigenvalue weighted by atomic mass is 19.2. The Hall–Kier alpha value is -3.91. The summed E-state index contributed by atoms with van der Waals surface area (Å²) in [5.41, 5.74) is 8.77. The highest BCUT2D eigenvalue weighted by Gasteiger charge is 2.13. The first-order chi connectivity index (χ1) is 15.5. The van der Waals surface area contributed by atoms with E-state index in [1.54, 1.807) is 36.5 Å². The minimum Gasteiger partial charge on any atom is -0.396 e. The molecule has 0 saturated carbocycles. The summed E-state index contributed by atoms with van der Waals surface area (Å²) in [6.45, 7) is 0.247. The number of aliphatic hydroxyl groups excluding tert-OH is 1. The number of benzene rings is 2. The molecule has 0 bridgehead atoms. The van der Waals surface area contributed by atoms with E-state index in [9.17, 15) is 13.6 Å². The summed E-state index contributed by atoms with van der Waals surface area (Å²) in [5.74, 6) is -2.42. The Morgan fingerprint density at radius 2 is 1.78 bits per heavy atom. The van der Waals surface area contributed by atoms with Crippen LogP contribution in [0.2, 0.25) is 0 Å². The first-order valence-corrected chi connectivity index (χ1v) is 9.90. The molecule has 8 heteroatoms. The van der Waals surface area contributed by atoms with Crippen LogP contribution in [0.1, 0.15) is 22.5 Å². The molecule has 0 saturated heterocycles. The van der Waals surface area contributed by atoms with E-state index in [0.29, 0.717) is 28.1 Å². The van der Waals surface area contributed by atoms with Gasteiger partial charge in [-0.1, -0.05) is 24.3 Å². The van der Waals surface area contributed by atoms with Crippen molar-refractivity contribution in [2.45, 2.75) is 12.8 Å². The Kier molecular flexibility index (Phi) is 7.77. The second-order valence-electron chi connectivity index (χ2n) is 6.85. The van der Waals surface area contributed by atoms with Crippen molar-refractivity contribution >= 4 is 5.91 Å². The number of nitrogens with two attached hydrogens (primary N) is 1. The highest BCUT2D eigenvalue weighted by Crippen LogP contribution is 2.27. The summed E-state index contributed by atoms with van der Waals surface area (Å²) in [4.78, 5) is 15.6. The number of aromatic nitrogens is 3. The van der Waals surface area contributed by atoms with E-state index in [-0.39, 0.29) is 6.61 Å². The highest BCUT2D eigenvalue weighted by molar-refractivity contribution is 5.99. The lowest BCUT2D eigenvalue weighted by atomic mass is 10.0. The van der Waals surface area contributed by atoms with Crippen molar-refractivity contribution in [1.29, 1.82) is 0 Å². The minimum absolute atomic E-state index is 0.247. The number of carbonyl (C=O) groups is 1. The molecule has 4 aromatic rings. The van der Waals surface area contributed by atoms with Crippen LogP contribution in [-0.2, 0) is 6.42 Å². The van der Waals surface area contributed by atoms with Crippen LogP contribution in [0.3, 0.4) is 0 Å². The van der Waals surface area contributed by atoms with Crippen molar-refractivity contribution in [1.82, 2.24) is 15.2 Å². The molecule has 0 aliphatic rings. The van der Waals surface area contributed by atoms with Gasteiger partial charge in [-0.2, -0.15) is 5.10 Å². The molecule has 2 aromatic heterocycles. The number of hydrogen-bond donors (Lipinski definition) is 3. The normalized spacial score (nSPS) is 10.3. The fourth-order valence-corrected chi connectivity index (χ4v) is 3.00. The van der Waals surface area contributed by atoms with Crippen molar-refractivity contribution in [2.75, 3.05) is 6.61 Å². The number of nitrogens with zero attached hydrogens (tertiary/aromatic N) is 2. The lowest BCUT2D eigenvalue weighted by Gasteiger charge is -2.03. The van der Waals surface area contributed by atoms with Crippen LogP contribution in [0.15, 0.2) is 72.9 Å². The van der Waals surface area contributed by atoms with Gasteiger partial charge in [-0.25, -0.2) is 8.78 Å². The average Bonchev–Trinajstić information content (AvgIpc) is 3.31. The Labute approximate surface area is 183 Å². The molecule has 164 valence electrons. The van der Waals surface area contributed by atoms with Gasteiger partial charge in [0.15, 0.2) is 11.6 Å². The number of aliphatic hydroxyl groups is 1. The Balaban J connectivity index is 0.000000243. The molecule has 0 aliphatic carbocycles. The first-order valence-electron chi connectivity index (χ1n) is 9.90. The predicted molar refractivity (Wildman–Crippen MR) is 118 cm³/mol. The molecule has 4 N–H and O–H groups in total. The number of nitrogens with one attached hydrogen (secondary N) is 1. The van der Waals surface area contributed by atoms with Gasteiger partial charge in [0, 0.05) is 35.2 Å². The van der Waals surface area contributed by atoms with Crippen molar-refractivity contribution in [3.63, 3.8) is 0 Å². The van der Waals surface area contributed by atoms with E-state index in [1.807, 2.05) is 18.2 Å². The summed E-state index contributed by atoms with van der Waals surface area (Å²) in [6, 6.07) is 17.8. The fourth-order valence-electron chi connectivity index (χ4n) is 3.00. The van der Waals surface area contributed by atoms with Crippen LogP contribution in [-0.4, -0.2) is 32.8 Å². The summed E-state index contributed by atoms with van der Waals surface area (Å²) in [7, 11) is 0. The maximum Gasteiger partial charge on any atom is 0.249 e. The fraction of sp³-hybridized carbons (Fsp3) is 0.125. The third kappa shape index (κ3) is 5.83. The maximum absolute atomic E-state index is 13.3. The molecule has 2 aromatic carbocycles. The van der Waals surface area contributed by atoms with Gasteiger partial charge >= 0.3 is 0 Å². The molecule has 1 amide bonds. The smallest absolute Gasteiger partial charge is 0.249 e. The van der Waals surface area contributed by atoms with Gasteiger partial charge in [0.2, 0.25) is 5.91 Å². The van der Waals surface area contributed by atoms with E-state index in [4.69, 9.17) is 10.8 Å². The Morgan fingerprint density at radius 1 is 1.00 bits per heavy atom. The zero-order chi connectivity index (χ0) is 22.9. The van der Waals surface area contributed by atoms with Crippen molar-refractivity contribution < 1.29 is 18.7 Å². The van der Waals surface area contributed by atoms with Crippen LogP contribution in [0.25, 0.3) is 22.5 Å². The number of carbonyl (C=O) groups excluding carboxylic acids is 1. The molecular formula is C24H22F2N4O2. The topological polar surface area (TPSA) is 105 Å². The van der Waals surface area contributed by atoms with Crippen LogP contribution in [0.4, 0.5) is 8.78 Å². The lowest BCUT2D eigenvalue weighted by Crippen LogP contribution is -2.12. The lowest BCUT2D eigenvalue weighted by molar-refractivity contribution is 0.100. The number of aromatic amines is 1. The number of hydrogen-bond acceptors (Lipinski definition) is 4. The Bertz CT molecular complexity index is 1180. The summed E-state index contributed by atoms with van der Waals surface area (Å²) in [6.07, 6.45) is 3.45. The van der Waals surface area contributed by atoms with E-state index in [0.717, 1.165) is 30.7 Å². The molecule has 0 atom stereocenters. The van der Waals surface area contributed by atoms with Gasteiger partial charge in [0.05, 0.1) is 11.4 Å². The number of primary amides is 1. The number of H-pyrrole nitrogens is 1. The van der Waals surface area contributed by atoms with Crippen LogP contribution in [0, 0.1) is 11.6 Å². The van der Waals surface area contributed by atoms with Crippen LogP contribution < -0.4 is 5.73 Å². The average molecular weight is 436 g/mol. The van der Waals surface area contributed by atoms with E-state index in [2.05, 4.69) is 15.2 Å². The minimum atomic E-state index is -0.945. The summed E-state index contributed by atoms with van der Waals surface area (Å²) >= 11 is 0. The number of rotatable bonds is 6. The van der Waals surface area contributed by atoms with E-state index in [1.165, 1.54) is 6.07 Å². The van der Waals surface area contributed by atoms with Gasteiger partial charge < -0.3 is 10.8 Å². The van der Waals surface area contributed by atoms with E-state index >= 15 is 0 Å². The predicted octanol–water partition coefficient (Wildman–Crippen LogP) is 4.13. The molecule has 0 fully saturated rings. The van der Waals surface area contributed by atoms with Crippen LogP contribution >= 0.6 is 0 Å². The molecule has 0 spiro atoms. The van der Waals surface area contributed by atoms with Gasteiger partial charge in [0.1, 0.15) is 0 Å². The largest absolute Gasteiger partial charge is 0.396 e. The van der Waals surface area contributed by atoms with Crippen molar-refractivity contribution in [3.05, 3.63) is 95.8 Å². The Morgan fingerprint density at radius 3 is 2.47 bits per heavy atom. The SMILES string of the molecule is NC(=O)c1ccccc1-c1cc(-c2ccc(F)c(F)c2)n[nH]1.OCCCc1ccccn1. The molecule has 6 nitrogen and oxygen atoms in total. The van der Waals surface area contributed by atoms with Gasteiger partial charge in [-0.15, -0.1) is 0 Å². The summed E-state index contributed by atoms with van der Waals surface area (Å²) < 4.78 is 26.3. The van der Waals surface area contributed by atoms with Gasteiger partial charge in [0.25, 0.3) is 0 Å². The summed E-state index contributed by atoms with van der Waals surface area (Å²) in [5, 5.41) is 15.3. The van der Waals surface area contributed by atoms with Gasteiger partial charge in [-0.3, -0.25) is 14.9 Å². The van der Waals surface area contributed by atoms with E-state index < -0.39 is 17.5 Å². The van der Waals surface area contributed by atoms with Crippen molar-refractivity contribution in [3.8, 4) is 22.5 Å². The second kappa shape index (κ2) is 10.9.